The van der Waals surface area contributed by atoms with Crippen LogP contribution in [0.3, 0.4) is 0 Å². The van der Waals surface area contributed by atoms with Crippen molar-refractivity contribution in [1.29, 1.82) is 4.78 Å². The van der Waals surface area contributed by atoms with E-state index in [1.807, 2.05) is 0 Å². The molecule has 4 N–H and O–H groups in total. The van der Waals surface area contributed by atoms with Gasteiger partial charge in [-0.15, -0.1) is 10.7 Å². The zero-order chi connectivity index (χ0) is 10.3. The quantitative estimate of drug-likeness (QED) is 0.580. The zero-order valence-corrected chi connectivity index (χ0v) is 8.77. The predicted octanol–water partition coefficient (Wildman–Crippen LogP) is 0.969. The molecule has 0 heterocycles. The maximum Gasteiger partial charge on any atom is 0.320 e. The number of nitrogens with one attached hydrogen (secondary N) is 1. The van der Waals surface area contributed by atoms with Gasteiger partial charge in [-0.25, -0.2) is 0 Å². The Kier molecular flexibility index (Phi) is 6.80. The summed E-state index contributed by atoms with van der Waals surface area (Å²) in [6, 6.07) is -0.790. The predicted molar refractivity (Wildman–Crippen MR) is 55.0 cm³/mol. The van der Waals surface area contributed by atoms with Gasteiger partial charge in [0.2, 0.25) is 0 Å². The van der Waals surface area contributed by atoms with E-state index < -0.39 is 22.7 Å². The van der Waals surface area contributed by atoms with E-state index in [0.29, 0.717) is 12.2 Å². The zero-order valence-electron chi connectivity index (χ0n) is 7.95. The van der Waals surface area contributed by atoms with Gasteiger partial charge in [0.05, 0.1) is 0 Å². The first-order valence-electron chi connectivity index (χ1n) is 4.45. The van der Waals surface area contributed by atoms with E-state index in [9.17, 15) is 4.79 Å². The fraction of sp³-hybridized carbons (Fsp3) is 0.875. The van der Waals surface area contributed by atoms with Crippen molar-refractivity contribution in [1.82, 2.24) is 0 Å². The van der Waals surface area contributed by atoms with Crippen molar-refractivity contribution in [3.05, 3.63) is 0 Å². The Morgan fingerprint density at radius 1 is 1.62 bits per heavy atom. The van der Waals surface area contributed by atoms with E-state index in [2.05, 4.69) is 6.92 Å². The minimum absolute atomic E-state index is 0.400. The molecule has 0 aromatic rings. The summed E-state index contributed by atoms with van der Waals surface area (Å²) in [5.41, 5.74) is 5.32. The molecular weight excluding hydrogens is 188 g/mol. The molecule has 0 aromatic carbocycles. The molecule has 78 valence electrons. The molecule has 2 unspecified atom stereocenters. The van der Waals surface area contributed by atoms with E-state index in [4.69, 9.17) is 15.6 Å². The average molecular weight is 206 g/mol. The smallest absolute Gasteiger partial charge is 0.320 e. The second-order valence-corrected chi connectivity index (χ2v) is 4.79. The Morgan fingerprint density at radius 2 is 2.23 bits per heavy atom. The molecule has 0 saturated heterocycles. The molecular formula is C8H18N2O2S. The van der Waals surface area contributed by atoms with Crippen molar-refractivity contribution in [2.75, 3.05) is 11.5 Å². The van der Waals surface area contributed by atoms with Gasteiger partial charge < -0.3 is 10.8 Å². The van der Waals surface area contributed by atoms with E-state index in [1.165, 1.54) is 0 Å². The van der Waals surface area contributed by atoms with Gasteiger partial charge in [-0.1, -0.05) is 13.3 Å². The fourth-order valence-electron chi connectivity index (χ4n) is 0.813. The van der Waals surface area contributed by atoms with Gasteiger partial charge in [-0.3, -0.25) is 9.57 Å². The summed E-state index contributed by atoms with van der Waals surface area (Å²) in [6.45, 7) is 2.08. The lowest BCUT2D eigenvalue weighted by molar-refractivity contribution is -0.138. The number of carbonyl (C=O) groups is 1. The number of hydrogen-bond acceptors (Lipinski definition) is 3. The highest BCUT2D eigenvalue weighted by molar-refractivity contribution is 7.85. The summed E-state index contributed by atoms with van der Waals surface area (Å²) in [7, 11) is -0.400. The topological polar surface area (TPSA) is 87.2 Å². The first-order valence-corrected chi connectivity index (χ1v) is 6.01. The third-order valence-corrected chi connectivity index (χ3v) is 3.25. The molecule has 2 atom stereocenters. The number of hydrogen-bond donors (Lipinski definition) is 3. The summed E-state index contributed by atoms with van der Waals surface area (Å²) in [5, 5.41) is 8.49. The van der Waals surface area contributed by atoms with E-state index in [-0.39, 0.29) is 0 Å². The number of nitrogens with two attached hydrogens (primary N) is 1. The number of carboxylic acid groups (broad SMARTS) is 1. The van der Waals surface area contributed by atoms with Gasteiger partial charge in [0.15, 0.2) is 0 Å². The number of rotatable bonds is 7. The van der Waals surface area contributed by atoms with Crippen molar-refractivity contribution >= 4 is 16.7 Å². The number of aliphatic carboxylic acids is 1. The lowest BCUT2D eigenvalue weighted by atomic mass is 10.2. The molecule has 13 heavy (non-hydrogen) atoms. The van der Waals surface area contributed by atoms with Gasteiger partial charge in [0, 0.05) is 11.5 Å². The third kappa shape index (κ3) is 6.72. The van der Waals surface area contributed by atoms with E-state index in [0.717, 1.165) is 18.6 Å². The van der Waals surface area contributed by atoms with Crippen LogP contribution in [0.15, 0.2) is 0 Å². The molecule has 0 spiro atoms. The van der Waals surface area contributed by atoms with Crippen LogP contribution in [-0.4, -0.2) is 28.6 Å². The summed E-state index contributed by atoms with van der Waals surface area (Å²) in [4.78, 5) is 10.3. The highest BCUT2D eigenvalue weighted by Gasteiger charge is 2.11. The molecule has 4 nitrogen and oxygen atoms in total. The van der Waals surface area contributed by atoms with Crippen LogP contribution in [0, 0.1) is 4.78 Å². The second-order valence-electron chi connectivity index (χ2n) is 2.99. The molecule has 0 saturated carbocycles. The first-order chi connectivity index (χ1) is 6.07. The monoisotopic (exact) mass is 206 g/mol. The Labute approximate surface area is 81.4 Å². The minimum atomic E-state index is -0.965. The maximum absolute atomic E-state index is 10.3. The van der Waals surface area contributed by atoms with Crippen LogP contribution in [0.5, 0.6) is 0 Å². The van der Waals surface area contributed by atoms with Gasteiger partial charge >= 0.3 is 5.97 Å². The molecule has 0 rings (SSSR count). The first kappa shape index (κ1) is 12.6. The normalized spacial score (nSPS) is 15.2. The summed E-state index contributed by atoms with van der Waals surface area (Å²) >= 11 is 0. The van der Waals surface area contributed by atoms with Crippen molar-refractivity contribution < 1.29 is 9.90 Å². The molecule has 0 aromatic heterocycles. The fourth-order valence-corrected chi connectivity index (χ4v) is 2.19. The lowest BCUT2D eigenvalue weighted by Gasteiger charge is -2.07. The standard InChI is InChI=1S/C8H18N2O2S/c1-2-3-5-13(10)6-4-7(9)8(11)12/h7,10H,2-6,9H2,1H3,(H,11,12). The molecule has 0 amide bonds. The highest BCUT2D eigenvalue weighted by atomic mass is 32.2. The Morgan fingerprint density at radius 3 is 2.69 bits per heavy atom. The number of carboxylic acids is 1. The van der Waals surface area contributed by atoms with Crippen molar-refractivity contribution in [2.24, 2.45) is 5.73 Å². The molecule has 0 aliphatic carbocycles. The summed E-state index contributed by atoms with van der Waals surface area (Å²) in [5.74, 6) is 0.531. The molecule has 0 aliphatic heterocycles. The van der Waals surface area contributed by atoms with Crippen molar-refractivity contribution in [2.45, 2.75) is 32.2 Å². The SMILES string of the molecule is CCCCS(=N)CCC(N)C(=O)O. The summed E-state index contributed by atoms with van der Waals surface area (Å²) in [6.07, 6.45) is 2.56. The van der Waals surface area contributed by atoms with Crippen molar-refractivity contribution in [3.63, 3.8) is 0 Å². The maximum atomic E-state index is 10.3. The molecule has 5 heteroatoms. The molecule has 0 bridgehead atoms. The molecule has 0 aliphatic rings. The second kappa shape index (κ2) is 7.03. The van der Waals surface area contributed by atoms with Crippen LogP contribution >= 0.6 is 0 Å². The summed E-state index contributed by atoms with van der Waals surface area (Å²) < 4.78 is 7.59. The van der Waals surface area contributed by atoms with Crippen LogP contribution in [-0.2, 0) is 15.5 Å². The number of unbranched alkanes of at least 4 members (excludes halogenated alkanes) is 1. The van der Waals surface area contributed by atoms with Crippen LogP contribution in [0.25, 0.3) is 0 Å². The average Bonchev–Trinajstić information content (AvgIpc) is 2.10. The molecule has 0 radical (unpaired) electrons. The Hall–Kier alpha value is -0.420. The Bertz CT molecular complexity index is 185. The van der Waals surface area contributed by atoms with Crippen LogP contribution in [0.4, 0.5) is 0 Å². The van der Waals surface area contributed by atoms with Gasteiger partial charge in [0.1, 0.15) is 6.04 Å². The van der Waals surface area contributed by atoms with Crippen LogP contribution in [0.2, 0.25) is 0 Å². The highest BCUT2D eigenvalue weighted by Crippen LogP contribution is 1.97. The minimum Gasteiger partial charge on any atom is -0.480 e. The van der Waals surface area contributed by atoms with Gasteiger partial charge in [0.25, 0.3) is 0 Å². The van der Waals surface area contributed by atoms with Crippen LogP contribution < -0.4 is 5.73 Å². The molecule has 0 fully saturated rings. The Balaban J connectivity index is 3.52. The van der Waals surface area contributed by atoms with E-state index in [1.54, 1.807) is 0 Å². The van der Waals surface area contributed by atoms with Gasteiger partial charge in [-0.05, 0) is 12.8 Å². The van der Waals surface area contributed by atoms with Crippen molar-refractivity contribution in [3.8, 4) is 0 Å². The third-order valence-electron chi connectivity index (χ3n) is 1.74. The van der Waals surface area contributed by atoms with Crippen LogP contribution in [0.1, 0.15) is 26.2 Å². The van der Waals surface area contributed by atoms with E-state index >= 15 is 0 Å². The van der Waals surface area contributed by atoms with Gasteiger partial charge in [-0.2, -0.15) is 0 Å². The lowest BCUT2D eigenvalue weighted by Crippen LogP contribution is -2.31. The largest absolute Gasteiger partial charge is 0.480 e.